The van der Waals surface area contributed by atoms with Crippen LogP contribution in [0.1, 0.15) is 31.5 Å². The van der Waals surface area contributed by atoms with Gasteiger partial charge in [0.2, 0.25) is 0 Å². The molecule has 0 saturated carbocycles. The summed E-state index contributed by atoms with van der Waals surface area (Å²) < 4.78 is 5.20. The summed E-state index contributed by atoms with van der Waals surface area (Å²) >= 11 is 0. The molecule has 6 heteroatoms. The molecule has 0 aliphatic rings. The van der Waals surface area contributed by atoms with Crippen LogP contribution in [0, 0.1) is 0 Å². The molecule has 0 aliphatic carbocycles. The summed E-state index contributed by atoms with van der Waals surface area (Å²) in [6.45, 7) is 3.49. The molecule has 1 heterocycles. The number of esters is 1. The number of para-hydroxylation sites is 2. The highest BCUT2D eigenvalue weighted by Crippen LogP contribution is 2.10. The number of nitrogens with one attached hydrogen (secondary N) is 1. The largest absolute Gasteiger partial charge is 0.449 e. The summed E-state index contributed by atoms with van der Waals surface area (Å²) in [7, 11) is 0. The van der Waals surface area contributed by atoms with Crippen LogP contribution in [0.4, 0.5) is 0 Å². The van der Waals surface area contributed by atoms with Crippen molar-refractivity contribution in [3.8, 4) is 0 Å². The predicted molar refractivity (Wildman–Crippen MR) is 116 cm³/mol. The quantitative estimate of drug-likeness (QED) is 0.458. The minimum absolute atomic E-state index is 0.0257. The van der Waals surface area contributed by atoms with Crippen LogP contribution < -0.4 is 5.32 Å². The molecule has 0 aliphatic heterocycles. The lowest BCUT2D eigenvalue weighted by Crippen LogP contribution is -2.40. The lowest BCUT2D eigenvalue weighted by Gasteiger charge is -2.17. The van der Waals surface area contributed by atoms with E-state index in [1.165, 1.54) is 17.7 Å². The van der Waals surface area contributed by atoms with Gasteiger partial charge >= 0.3 is 5.97 Å². The lowest BCUT2D eigenvalue weighted by atomic mass is 10.1. The van der Waals surface area contributed by atoms with Crippen LogP contribution in [-0.2, 0) is 20.7 Å². The number of aryl methyl sites for hydroxylation is 1. The fraction of sp³-hybridized carbons (Fsp3) is 0.250. The SMILES string of the molecule is CC(CCc1ccccc1)NC(=O)C(C)OC(=O)/C=C/c1cnc2ccccc2n1. The molecular formula is C24H25N3O3. The fourth-order valence-electron chi connectivity index (χ4n) is 2.93. The van der Waals surface area contributed by atoms with E-state index in [-0.39, 0.29) is 11.9 Å². The van der Waals surface area contributed by atoms with Crippen molar-refractivity contribution in [3.63, 3.8) is 0 Å². The van der Waals surface area contributed by atoms with Crippen molar-refractivity contribution in [1.29, 1.82) is 0 Å². The van der Waals surface area contributed by atoms with Gasteiger partial charge in [0.25, 0.3) is 5.91 Å². The van der Waals surface area contributed by atoms with E-state index in [1.54, 1.807) is 13.1 Å². The maximum atomic E-state index is 12.3. The number of carbonyl (C=O) groups excluding carboxylic acids is 2. The topological polar surface area (TPSA) is 81.2 Å². The average molecular weight is 403 g/mol. The third-order valence-corrected chi connectivity index (χ3v) is 4.62. The van der Waals surface area contributed by atoms with Gasteiger partial charge in [0.1, 0.15) is 0 Å². The summed E-state index contributed by atoms with van der Waals surface area (Å²) in [5, 5.41) is 2.89. The molecule has 1 N–H and O–H groups in total. The zero-order valence-electron chi connectivity index (χ0n) is 17.1. The van der Waals surface area contributed by atoms with E-state index >= 15 is 0 Å². The van der Waals surface area contributed by atoms with Crippen molar-refractivity contribution in [1.82, 2.24) is 15.3 Å². The van der Waals surface area contributed by atoms with E-state index in [2.05, 4.69) is 27.4 Å². The lowest BCUT2D eigenvalue weighted by molar-refractivity contribution is -0.150. The number of amides is 1. The number of hydrogen-bond acceptors (Lipinski definition) is 5. The van der Waals surface area contributed by atoms with Crippen molar-refractivity contribution in [2.75, 3.05) is 0 Å². The van der Waals surface area contributed by atoms with Crippen LogP contribution in [0.2, 0.25) is 0 Å². The Kier molecular flexibility index (Phi) is 7.27. The second kappa shape index (κ2) is 10.3. The van der Waals surface area contributed by atoms with E-state index in [4.69, 9.17) is 4.74 Å². The molecule has 2 aromatic carbocycles. The third-order valence-electron chi connectivity index (χ3n) is 4.62. The van der Waals surface area contributed by atoms with Gasteiger partial charge in [0.15, 0.2) is 6.10 Å². The Labute approximate surface area is 176 Å². The summed E-state index contributed by atoms with van der Waals surface area (Å²) in [6, 6.07) is 17.5. The fourth-order valence-corrected chi connectivity index (χ4v) is 2.93. The van der Waals surface area contributed by atoms with E-state index in [1.807, 2.05) is 49.4 Å². The second-order valence-electron chi connectivity index (χ2n) is 7.13. The smallest absolute Gasteiger partial charge is 0.331 e. The van der Waals surface area contributed by atoms with Gasteiger partial charge in [-0.05, 0) is 50.5 Å². The first-order valence-corrected chi connectivity index (χ1v) is 9.96. The number of carbonyl (C=O) groups is 2. The molecule has 2 unspecified atom stereocenters. The molecule has 1 aromatic heterocycles. The molecule has 6 nitrogen and oxygen atoms in total. The number of benzene rings is 2. The first kappa shape index (κ1) is 21.2. The average Bonchev–Trinajstić information content (AvgIpc) is 2.76. The number of hydrogen-bond donors (Lipinski definition) is 1. The minimum atomic E-state index is -0.885. The van der Waals surface area contributed by atoms with Gasteiger partial charge in [0.05, 0.1) is 22.9 Å². The molecule has 0 saturated heterocycles. The molecule has 30 heavy (non-hydrogen) atoms. The van der Waals surface area contributed by atoms with Crippen molar-refractivity contribution in [2.45, 2.75) is 38.8 Å². The highest BCUT2D eigenvalue weighted by atomic mass is 16.5. The first-order valence-electron chi connectivity index (χ1n) is 9.96. The molecule has 3 rings (SSSR count). The zero-order valence-corrected chi connectivity index (χ0v) is 17.1. The third kappa shape index (κ3) is 6.24. The van der Waals surface area contributed by atoms with Crippen molar-refractivity contribution >= 4 is 29.0 Å². The highest BCUT2D eigenvalue weighted by molar-refractivity contribution is 5.90. The molecule has 3 aromatic rings. The molecular weight excluding hydrogens is 378 g/mol. The molecule has 2 atom stereocenters. The summed E-state index contributed by atoms with van der Waals surface area (Å²) in [5.41, 5.74) is 3.28. The van der Waals surface area contributed by atoms with Crippen LogP contribution in [0.25, 0.3) is 17.1 Å². The van der Waals surface area contributed by atoms with Gasteiger partial charge < -0.3 is 10.1 Å². The second-order valence-corrected chi connectivity index (χ2v) is 7.13. The van der Waals surface area contributed by atoms with Crippen molar-refractivity contribution in [2.24, 2.45) is 0 Å². The highest BCUT2D eigenvalue weighted by Gasteiger charge is 2.18. The first-order chi connectivity index (χ1) is 14.5. The van der Waals surface area contributed by atoms with Gasteiger partial charge in [-0.15, -0.1) is 0 Å². The molecule has 0 radical (unpaired) electrons. The molecule has 0 fully saturated rings. The van der Waals surface area contributed by atoms with Crippen LogP contribution in [-0.4, -0.2) is 34.0 Å². The van der Waals surface area contributed by atoms with Gasteiger partial charge in [-0.25, -0.2) is 9.78 Å². The normalized spacial score (nSPS) is 13.1. The number of rotatable bonds is 8. The number of ether oxygens (including phenoxy) is 1. The summed E-state index contributed by atoms with van der Waals surface area (Å²) in [6.07, 6.45) is 5.14. The standard InChI is InChI=1S/C24H25N3O3/c1-17(12-13-19-8-4-3-5-9-19)26-24(29)18(2)30-23(28)15-14-20-16-25-21-10-6-7-11-22(21)27-20/h3-11,14-18H,12-13H2,1-2H3,(H,26,29)/b15-14+. The number of fused-ring (bicyclic) bond motifs is 1. The Morgan fingerprint density at radius 3 is 2.50 bits per heavy atom. The number of aromatic nitrogens is 2. The maximum Gasteiger partial charge on any atom is 0.331 e. The van der Waals surface area contributed by atoms with Gasteiger partial charge in [-0.2, -0.15) is 0 Å². The maximum absolute atomic E-state index is 12.3. The van der Waals surface area contributed by atoms with E-state index in [0.29, 0.717) is 5.69 Å². The van der Waals surface area contributed by atoms with Gasteiger partial charge in [-0.1, -0.05) is 42.5 Å². The van der Waals surface area contributed by atoms with Gasteiger partial charge in [-0.3, -0.25) is 9.78 Å². The summed E-state index contributed by atoms with van der Waals surface area (Å²) in [4.78, 5) is 33.0. The Balaban J connectivity index is 1.46. The van der Waals surface area contributed by atoms with Crippen LogP contribution in [0.5, 0.6) is 0 Å². The predicted octanol–water partition coefficient (Wildman–Crippen LogP) is 3.71. The summed E-state index contributed by atoms with van der Waals surface area (Å²) in [5.74, 6) is -0.924. The van der Waals surface area contributed by atoms with Gasteiger partial charge in [0, 0.05) is 12.1 Å². The number of nitrogens with zero attached hydrogens (tertiary/aromatic N) is 2. The van der Waals surface area contributed by atoms with E-state index in [0.717, 1.165) is 23.9 Å². The monoisotopic (exact) mass is 403 g/mol. The zero-order chi connectivity index (χ0) is 21.3. The van der Waals surface area contributed by atoms with Crippen molar-refractivity contribution < 1.29 is 14.3 Å². The molecule has 0 bridgehead atoms. The minimum Gasteiger partial charge on any atom is -0.449 e. The molecule has 154 valence electrons. The van der Waals surface area contributed by atoms with Crippen LogP contribution in [0.15, 0.2) is 66.9 Å². The van der Waals surface area contributed by atoms with E-state index in [9.17, 15) is 9.59 Å². The Morgan fingerprint density at radius 1 is 1.03 bits per heavy atom. The molecule has 0 spiro atoms. The Hall–Kier alpha value is -3.54. The van der Waals surface area contributed by atoms with E-state index < -0.39 is 12.1 Å². The van der Waals surface area contributed by atoms with Crippen molar-refractivity contribution in [3.05, 3.63) is 78.1 Å². The Morgan fingerprint density at radius 2 is 1.73 bits per heavy atom. The molecule has 1 amide bonds. The van der Waals surface area contributed by atoms with Crippen LogP contribution >= 0.6 is 0 Å². The van der Waals surface area contributed by atoms with Crippen LogP contribution in [0.3, 0.4) is 0 Å². The Bertz CT molecular complexity index is 1030.